The minimum Gasteiger partial charge on any atom is -0.478 e. The third-order valence-corrected chi connectivity index (χ3v) is 3.11. The standard InChI is InChI=1S/C12H14F2N2O2.ClH/c1-15-2-4-16(5-3-15)11-7-9(13)8(12(17)18)6-10(11)14;/h6-7H,2-5H2,1H3,(H,17,18);1H. The summed E-state index contributed by atoms with van der Waals surface area (Å²) in [6.07, 6.45) is 0. The van der Waals surface area contributed by atoms with Crippen LogP contribution in [0.4, 0.5) is 14.5 Å². The van der Waals surface area contributed by atoms with Gasteiger partial charge < -0.3 is 14.9 Å². The van der Waals surface area contributed by atoms with Crippen molar-refractivity contribution in [3.8, 4) is 0 Å². The first-order chi connectivity index (χ1) is 8.49. The molecule has 0 aliphatic carbocycles. The molecule has 1 N–H and O–H groups in total. The molecule has 1 heterocycles. The summed E-state index contributed by atoms with van der Waals surface area (Å²) in [5.74, 6) is -3.06. The highest BCUT2D eigenvalue weighted by molar-refractivity contribution is 5.88. The highest BCUT2D eigenvalue weighted by atomic mass is 35.5. The molecule has 7 heteroatoms. The van der Waals surface area contributed by atoms with Crippen molar-refractivity contribution < 1.29 is 18.7 Å². The van der Waals surface area contributed by atoms with E-state index in [0.717, 1.165) is 25.2 Å². The lowest BCUT2D eigenvalue weighted by Crippen LogP contribution is -2.44. The van der Waals surface area contributed by atoms with E-state index in [1.165, 1.54) is 0 Å². The van der Waals surface area contributed by atoms with Crippen LogP contribution in [0.5, 0.6) is 0 Å². The Labute approximate surface area is 116 Å². The molecule has 0 spiro atoms. The molecule has 4 nitrogen and oxygen atoms in total. The molecule has 0 bridgehead atoms. The van der Waals surface area contributed by atoms with Crippen LogP contribution in [0, 0.1) is 11.6 Å². The molecule has 0 saturated carbocycles. The number of carboxylic acid groups (broad SMARTS) is 1. The summed E-state index contributed by atoms with van der Waals surface area (Å²) in [5, 5.41) is 8.70. The first kappa shape index (κ1) is 15.7. The highest BCUT2D eigenvalue weighted by Crippen LogP contribution is 2.24. The van der Waals surface area contributed by atoms with E-state index in [4.69, 9.17) is 5.11 Å². The largest absolute Gasteiger partial charge is 0.478 e. The normalized spacial score (nSPS) is 16.1. The van der Waals surface area contributed by atoms with Crippen molar-refractivity contribution in [3.05, 3.63) is 29.3 Å². The van der Waals surface area contributed by atoms with Crippen LogP contribution in [0.2, 0.25) is 0 Å². The summed E-state index contributed by atoms with van der Waals surface area (Å²) < 4.78 is 27.3. The Bertz CT molecular complexity index is 477. The van der Waals surface area contributed by atoms with Gasteiger partial charge in [0.2, 0.25) is 0 Å². The summed E-state index contributed by atoms with van der Waals surface area (Å²) in [7, 11) is 1.96. The lowest BCUT2D eigenvalue weighted by Gasteiger charge is -2.34. The van der Waals surface area contributed by atoms with Crippen molar-refractivity contribution in [1.29, 1.82) is 0 Å². The Balaban J connectivity index is 0.00000180. The molecule has 1 fully saturated rings. The van der Waals surface area contributed by atoms with E-state index in [-0.39, 0.29) is 18.1 Å². The van der Waals surface area contributed by atoms with Crippen molar-refractivity contribution in [2.75, 3.05) is 38.1 Å². The lowest BCUT2D eigenvalue weighted by atomic mass is 10.1. The van der Waals surface area contributed by atoms with Crippen LogP contribution in [0.15, 0.2) is 12.1 Å². The van der Waals surface area contributed by atoms with Crippen molar-refractivity contribution >= 4 is 24.1 Å². The minimum atomic E-state index is -1.46. The number of hydrogen-bond donors (Lipinski definition) is 1. The Morgan fingerprint density at radius 1 is 1.16 bits per heavy atom. The third-order valence-electron chi connectivity index (χ3n) is 3.11. The molecule has 0 amide bonds. The van der Waals surface area contributed by atoms with Crippen LogP contribution >= 0.6 is 12.4 Å². The van der Waals surface area contributed by atoms with Gasteiger partial charge in [-0.3, -0.25) is 0 Å². The smallest absolute Gasteiger partial charge is 0.338 e. The molecule has 1 aliphatic rings. The van der Waals surface area contributed by atoms with Gasteiger partial charge in [0.15, 0.2) is 0 Å². The van der Waals surface area contributed by atoms with Gasteiger partial charge in [0.05, 0.1) is 11.3 Å². The second-order valence-electron chi connectivity index (χ2n) is 4.38. The maximum atomic E-state index is 13.8. The number of nitrogens with zero attached hydrogens (tertiary/aromatic N) is 2. The summed E-state index contributed by atoms with van der Waals surface area (Å²) in [6.45, 7) is 2.72. The fourth-order valence-electron chi connectivity index (χ4n) is 1.99. The number of anilines is 1. The van der Waals surface area contributed by atoms with Crippen LogP contribution in [0.3, 0.4) is 0 Å². The summed E-state index contributed by atoms with van der Waals surface area (Å²) >= 11 is 0. The molecule has 1 aliphatic heterocycles. The lowest BCUT2D eigenvalue weighted by molar-refractivity contribution is 0.0691. The quantitative estimate of drug-likeness (QED) is 0.903. The number of carbonyl (C=O) groups is 1. The first-order valence-electron chi connectivity index (χ1n) is 5.65. The molecule has 0 unspecified atom stereocenters. The molecule has 106 valence electrons. The zero-order valence-electron chi connectivity index (χ0n) is 10.4. The second-order valence-corrected chi connectivity index (χ2v) is 4.38. The van der Waals surface area contributed by atoms with Crippen molar-refractivity contribution in [3.63, 3.8) is 0 Å². The van der Waals surface area contributed by atoms with Gasteiger partial charge in [0, 0.05) is 32.2 Å². The van der Waals surface area contributed by atoms with Crippen LogP contribution in [-0.2, 0) is 0 Å². The molecule has 1 aromatic rings. The zero-order chi connectivity index (χ0) is 13.3. The van der Waals surface area contributed by atoms with Gasteiger partial charge in [-0.05, 0) is 13.1 Å². The van der Waals surface area contributed by atoms with Gasteiger partial charge in [-0.15, -0.1) is 12.4 Å². The van der Waals surface area contributed by atoms with Gasteiger partial charge in [-0.1, -0.05) is 0 Å². The number of benzene rings is 1. The number of aromatic carboxylic acids is 1. The summed E-state index contributed by atoms with van der Waals surface area (Å²) in [6, 6.07) is 1.70. The van der Waals surface area contributed by atoms with Crippen molar-refractivity contribution in [2.24, 2.45) is 0 Å². The Hall–Kier alpha value is -1.40. The Morgan fingerprint density at radius 3 is 2.26 bits per heavy atom. The van der Waals surface area contributed by atoms with Gasteiger partial charge in [-0.25, -0.2) is 13.6 Å². The van der Waals surface area contributed by atoms with Gasteiger partial charge >= 0.3 is 5.97 Å². The molecule has 0 atom stereocenters. The molecule has 1 saturated heterocycles. The fourth-order valence-corrected chi connectivity index (χ4v) is 1.99. The monoisotopic (exact) mass is 292 g/mol. The third kappa shape index (κ3) is 3.33. The average Bonchev–Trinajstić information content (AvgIpc) is 2.32. The highest BCUT2D eigenvalue weighted by Gasteiger charge is 2.21. The van der Waals surface area contributed by atoms with Crippen molar-refractivity contribution in [2.45, 2.75) is 0 Å². The number of halogens is 3. The number of hydrogen-bond acceptors (Lipinski definition) is 3. The predicted molar refractivity (Wildman–Crippen MR) is 70.3 cm³/mol. The topological polar surface area (TPSA) is 43.8 Å². The molecule has 0 radical (unpaired) electrons. The molecular formula is C12H15ClF2N2O2. The van der Waals surface area contributed by atoms with Gasteiger partial charge in [0.1, 0.15) is 11.6 Å². The number of carboxylic acids is 1. The SMILES string of the molecule is CN1CCN(c2cc(F)c(C(=O)O)cc2F)CC1.Cl. The van der Waals surface area contributed by atoms with E-state index in [0.29, 0.717) is 13.1 Å². The van der Waals surface area contributed by atoms with E-state index in [9.17, 15) is 13.6 Å². The first-order valence-corrected chi connectivity index (χ1v) is 5.65. The minimum absolute atomic E-state index is 0. The Morgan fingerprint density at radius 2 is 1.74 bits per heavy atom. The van der Waals surface area contributed by atoms with Crippen LogP contribution in [-0.4, -0.2) is 49.2 Å². The maximum absolute atomic E-state index is 13.8. The molecule has 1 aromatic carbocycles. The summed E-state index contributed by atoms with van der Waals surface area (Å²) in [5.41, 5.74) is -0.504. The zero-order valence-corrected chi connectivity index (χ0v) is 11.2. The second kappa shape index (κ2) is 6.16. The fraction of sp³-hybridized carbons (Fsp3) is 0.417. The number of piperazine rings is 1. The van der Waals surface area contributed by atoms with Crippen LogP contribution in [0.1, 0.15) is 10.4 Å². The molecule has 19 heavy (non-hydrogen) atoms. The van der Waals surface area contributed by atoms with Gasteiger partial charge in [-0.2, -0.15) is 0 Å². The summed E-state index contributed by atoms with van der Waals surface area (Å²) in [4.78, 5) is 14.5. The molecule has 2 rings (SSSR count). The molecule has 0 aromatic heterocycles. The van der Waals surface area contributed by atoms with E-state index < -0.39 is 23.2 Å². The average molecular weight is 293 g/mol. The van der Waals surface area contributed by atoms with Crippen molar-refractivity contribution in [1.82, 2.24) is 4.90 Å². The van der Waals surface area contributed by atoms with Crippen LogP contribution in [0.25, 0.3) is 0 Å². The number of likely N-dealkylation sites (N-methyl/N-ethyl adjacent to an activating group) is 1. The van der Waals surface area contributed by atoms with E-state index in [1.54, 1.807) is 4.90 Å². The molecular weight excluding hydrogens is 278 g/mol. The van der Waals surface area contributed by atoms with Gasteiger partial charge in [0.25, 0.3) is 0 Å². The van der Waals surface area contributed by atoms with E-state index >= 15 is 0 Å². The van der Waals surface area contributed by atoms with E-state index in [1.807, 2.05) is 7.05 Å². The predicted octanol–water partition coefficient (Wildman–Crippen LogP) is 1.84. The van der Waals surface area contributed by atoms with E-state index in [2.05, 4.69) is 4.90 Å². The number of rotatable bonds is 2. The Kier molecular flexibility index (Phi) is 5.08. The van der Waals surface area contributed by atoms with Crippen LogP contribution < -0.4 is 4.90 Å². The maximum Gasteiger partial charge on any atom is 0.338 e.